The predicted octanol–water partition coefficient (Wildman–Crippen LogP) is 3.35. The Balaban J connectivity index is 2.14. The van der Waals surface area contributed by atoms with Gasteiger partial charge in [-0.3, -0.25) is 0 Å². The smallest absolute Gasteiger partial charge is 0.131 e. The van der Waals surface area contributed by atoms with Crippen molar-refractivity contribution in [3.8, 4) is 11.5 Å². The molecule has 20 heavy (non-hydrogen) atoms. The highest BCUT2D eigenvalue weighted by molar-refractivity contribution is 7.09. The van der Waals surface area contributed by atoms with E-state index in [0.29, 0.717) is 18.1 Å². The van der Waals surface area contributed by atoms with Gasteiger partial charge in [0.1, 0.15) is 18.1 Å². The van der Waals surface area contributed by atoms with Crippen LogP contribution in [0.4, 0.5) is 0 Å². The number of aromatic nitrogens is 1. The van der Waals surface area contributed by atoms with Crippen LogP contribution in [-0.4, -0.2) is 17.2 Å². The Bertz CT molecular complexity index is 566. The van der Waals surface area contributed by atoms with Gasteiger partial charge in [0.05, 0.1) is 23.9 Å². The first-order chi connectivity index (χ1) is 9.63. The highest BCUT2D eigenvalue weighted by Crippen LogP contribution is 2.30. The highest BCUT2D eigenvalue weighted by atomic mass is 32.1. The first-order valence-electron chi connectivity index (χ1n) is 6.56. The molecule has 0 fully saturated rings. The SMILES string of the molecule is CCc1nc(COc2cc(OC)ccc2C(C)O)cs1. The van der Waals surface area contributed by atoms with Crippen LogP contribution in [0.3, 0.4) is 0 Å². The van der Waals surface area contributed by atoms with Gasteiger partial charge in [0.2, 0.25) is 0 Å². The summed E-state index contributed by atoms with van der Waals surface area (Å²) in [4.78, 5) is 4.46. The number of hydrogen-bond acceptors (Lipinski definition) is 5. The van der Waals surface area contributed by atoms with Crippen molar-refractivity contribution in [1.82, 2.24) is 4.98 Å². The van der Waals surface area contributed by atoms with E-state index in [1.54, 1.807) is 31.4 Å². The molecule has 1 heterocycles. The summed E-state index contributed by atoms with van der Waals surface area (Å²) < 4.78 is 11.0. The maximum atomic E-state index is 9.77. The molecule has 2 aromatic rings. The predicted molar refractivity (Wildman–Crippen MR) is 79.5 cm³/mol. The maximum absolute atomic E-state index is 9.77. The molecular weight excluding hydrogens is 274 g/mol. The van der Waals surface area contributed by atoms with Gasteiger partial charge >= 0.3 is 0 Å². The molecule has 1 aromatic heterocycles. The average molecular weight is 293 g/mol. The van der Waals surface area contributed by atoms with Crippen LogP contribution in [0, 0.1) is 0 Å². The Morgan fingerprint density at radius 2 is 2.20 bits per heavy atom. The van der Waals surface area contributed by atoms with Crippen LogP contribution in [0.5, 0.6) is 11.5 Å². The zero-order valence-electron chi connectivity index (χ0n) is 11.9. The molecule has 0 spiro atoms. The van der Waals surface area contributed by atoms with Crippen molar-refractivity contribution in [2.75, 3.05) is 7.11 Å². The standard InChI is InChI=1S/C15H19NO3S/c1-4-15-16-11(9-20-15)8-19-14-7-12(18-3)5-6-13(14)10(2)17/h5-7,9-10,17H,4,8H2,1-3H3. The number of aliphatic hydroxyl groups is 1. The summed E-state index contributed by atoms with van der Waals surface area (Å²) in [6, 6.07) is 5.42. The van der Waals surface area contributed by atoms with Crippen molar-refractivity contribution in [3.63, 3.8) is 0 Å². The van der Waals surface area contributed by atoms with Crippen molar-refractivity contribution < 1.29 is 14.6 Å². The Morgan fingerprint density at radius 3 is 2.80 bits per heavy atom. The van der Waals surface area contributed by atoms with Crippen molar-refractivity contribution in [3.05, 3.63) is 39.8 Å². The lowest BCUT2D eigenvalue weighted by Crippen LogP contribution is -2.02. The van der Waals surface area contributed by atoms with Gasteiger partial charge in [0.25, 0.3) is 0 Å². The van der Waals surface area contributed by atoms with Gasteiger partial charge < -0.3 is 14.6 Å². The molecule has 108 valence electrons. The topological polar surface area (TPSA) is 51.6 Å². The number of methoxy groups -OCH3 is 1. The lowest BCUT2D eigenvalue weighted by molar-refractivity contribution is 0.189. The van der Waals surface area contributed by atoms with E-state index in [0.717, 1.165) is 22.7 Å². The maximum Gasteiger partial charge on any atom is 0.131 e. The van der Waals surface area contributed by atoms with Crippen LogP contribution in [0.15, 0.2) is 23.6 Å². The van der Waals surface area contributed by atoms with E-state index in [-0.39, 0.29) is 0 Å². The number of hydrogen-bond donors (Lipinski definition) is 1. The van der Waals surface area contributed by atoms with Crippen LogP contribution in [0.25, 0.3) is 0 Å². The summed E-state index contributed by atoms with van der Waals surface area (Å²) in [7, 11) is 1.61. The van der Waals surface area contributed by atoms with Crippen LogP contribution in [-0.2, 0) is 13.0 Å². The minimum absolute atomic E-state index is 0.392. The third kappa shape index (κ3) is 3.49. The molecule has 0 aliphatic carbocycles. The van der Waals surface area contributed by atoms with Crippen molar-refractivity contribution >= 4 is 11.3 Å². The number of aryl methyl sites for hydroxylation is 1. The minimum atomic E-state index is -0.586. The molecule has 0 bridgehead atoms. The van der Waals surface area contributed by atoms with E-state index in [1.165, 1.54) is 0 Å². The summed E-state index contributed by atoms with van der Waals surface area (Å²) in [5.74, 6) is 1.34. The van der Waals surface area contributed by atoms with Crippen LogP contribution in [0.2, 0.25) is 0 Å². The fourth-order valence-corrected chi connectivity index (χ4v) is 2.57. The molecule has 5 heteroatoms. The van der Waals surface area contributed by atoms with Gasteiger partial charge in [-0.15, -0.1) is 11.3 Å². The third-order valence-corrected chi connectivity index (χ3v) is 3.99. The highest BCUT2D eigenvalue weighted by Gasteiger charge is 2.11. The van der Waals surface area contributed by atoms with Gasteiger partial charge in [0.15, 0.2) is 0 Å². The number of rotatable bonds is 6. The van der Waals surface area contributed by atoms with Gasteiger partial charge in [-0.25, -0.2) is 4.98 Å². The summed E-state index contributed by atoms with van der Waals surface area (Å²) in [6.45, 7) is 4.19. The average Bonchev–Trinajstić information content (AvgIpc) is 2.92. The van der Waals surface area contributed by atoms with Crippen molar-refractivity contribution in [2.24, 2.45) is 0 Å². The lowest BCUT2D eigenvalue weighted by atomic mass is 10.1. The number of benzene rings is 1. The Labute approximate surface area is 123 Å². The number of aliphatic hydroxyl groups excluding tert-OH is 1. The first-order valence-corrected chi connectivity index (χ1v) is 7.44. The molecule has 0 amide bonds. The summed E-state index contributed by atoms with van der Waals surface area (Å²) in [5, 5.41) is 12.9. The molecule has 0 aliphatic heterocycles. The summed E-state index contributed by atoms with van der Waals surface area (Å²) in [5.41, 5.74) is 1.66. The number of thiazole rings is 1. The molecule has 1 unspecified atom stereocenters. The van der Waals surface area contributed by atoms with E-state index in [9.17, 15) is 5.11 Å². The lowest BCUT2D eigenvalue weighted by Gasteiger charge is -2.14. The monoisotopic (exact) mass is 293 g/mol. The molecule has 1 aromatic carbocycles. The summed E-state index contributed by atoms with van der Waals surface area (Å²) >= 11 is 1.64. The van der Waals surface area contributed by atoms with Gasteiger partial charge in [-0.05, 0) is 25.5 Å². The van der Waals surface area contributed by atoms with Gasteiger partial charge in [0, 0.05) is 17.0 Å². The zero-order valence-corrected chi connectivity index (χ0v) is 12.7. The number of nitrogens with zero attached hydrogens (tertiary/aromatic N) is 1. The fourth-order valence-electron chi connectivity index (χ4n) is 1.84. The van der Waals surface area contributed by atoms with Gasteiger partial charge in [-0.2, -0.15) is 0 Å². The first kappa shape index (κ1) is 14.8. The molecule has 4 nitrogen and oxygen atoms in total. The molecule has 1 N–H and O–H groups in total. The molecule has 2 rings (SSSR count). The largest absolute Gasteiger partial charge is 0.497 e. The van der Waals surface area contributed by atoms with E-state index in [2.05, 4.69) is 11.9 Å². The quantitative estimate of drug-likeness (QED) is 0.887. The van der Waals surface area contributed by atoms with E-state index in [1.807, 2.05) is 17.5 Å². The molecule has 0 saturated heterocycles. The second-order valence-corrected chi connectivity index (χ2v) is 5.40. The number of ether oxygens (including phenoxy) is 2. The normalized spacial score (nSPS) is 12.2. The van der Waals surface area contributed by atoms with Crippen LogP contribution < -0.4 is 9.47 Å². The zero-order chi connectivity index (χ0) is 14.5. The summed E-state index contributed by atoms with van der Waals surface area (Å²) in [6.07, 6.45) is 0.348. The Morgan fingerprint density at radius 1 is 1.40 bits per heavy atom. The van der Waals surface area contributed by atoms with E-state index < -0.39 is 6.10 Å². The molecular formula is C15H19NO3S. The van der Waals surface area contributed by atoms with Crippen molar-refractivity contribution in [2.45, 2.75) is 33.0 Å². The van der Waals surface area contributed by atoms with E-state index >= 15 is 0 Å². The van der Waals surface area contributed by atoms with Crippen LogP contribution in [0.1, 0.15) is 36.2 Å². The molecule has 0 aliphatic rings. The Hall–Kier alpha value is -1.59. The Kier molecular flexibility index (Phi) is 4.98. The van der Waals surface area contributed by atoms with E-state index in [4.69, 9.17) is 9.47 Å². The van der Waals surface area contributed by atoms with Crippen LogP contribution >= 0.6 is 11.3 Å². The fraction of sp³-hybridized carbons (Fsp3) is 0.400. The second-order valence-electron chi connectivity index (χ2n) is 4.45. The minimum Gasteiger partial charge on any atom is -0.497 e. The molecule has 0 radical (unpaired) electrons. The second kappa shape index (κ2) is 6.72. The molecule has 0 saturated carbocycles. The van der Waals surface area contributed by atoms with Crippen molar-refractivity contribution in [1.29, 1.82) is 0 Å². The molecule has 1 atom stereocenters. The third-order valence-electron chi connectivity index (χ3n) is 2.95. The van der Waals surface area contributed by atoms with Gasteiger partial charge in [-0.1, -0.05) is 6.92 Å².